The maximum Gasteiger partial charge on any atom is 0.240 e. The molecular formula is C13H22N2O2S. The standard InChI is InChI=1S/C13H20N2O2S.H2/c1-13(2,3)15-9-11(10-15)14-18(16,17)12-7-5-4-6-8-12;/h4-8,11,14H,9-10H2,1-3H3;1H. The van der Waals surface area contributed by atoms with Crippen LogP contribution < -0.4 is 4.72 Å². The SMILES string of the molecule is CC(C)(C)N1CC(NS(=O)(=O)c2ccccc2)C1.[HH]. The normalized spacial score (nSPS) is 18.6. The predicted octanol–water partition coefficient (Wildman–Crippen LogP) is 1.69. The van der Waals surface area contributed by atoms with Crippen LogP contribution in [0.4, 0.5) is 0 Å². The van der Waals surface area contributed by atoms with E-state index in [1.807, 2.05) is 6.07 Å². The summed E-state index contributed by atoms with van der Waals surface area (Å²) >= 11 is 0. The summed E-state index contributed by atoms with van der Waals surface area (Å²) in [6.45, 7) is 7.95. The summed E-state index contributed by atoms with van der Waals surface area (Å²) in [5.41, 5.74) is 0.106. The van der Waals surface area contributed by atoms with Crippen LogP contribution in [0.1, 0.15) is 22.2 Å². The molecule has 1 aromatic carbocycles. The zero-order chi connectivity index (χ0) is 13.4. The summed E-state index contributed by atoms with van der Waals surface area (Å²) in [6, 6.07) is 8.52. The van der Waals surface area contributed by atoms with Gasteiger partial charge in [0, 0.05) is 26.1 Å². The van der Waals surface area contributed by atoms with E-state index in [-0.39, 0.29) is 13.0 Å². The molecule has 1 saturated heterocycles. The van der Waals surface area contributed by atoms with Crippen LogP contribution in [0.2, 0.25) is 0 Å². The van der Waals surface area contributed by atoms with Gasteiger partial charge >= 0.3 is 0 Å². The van der Waals surface area contributed by atoms with E-state index in [4.69, 9.17) is 0 Å². The first kappa shape index (κ1) is 13.5. The van der Waals surface area contributed by atoms with Crippen molar-refractivity contribution in [3.63, 3.8) is 0 Å². The molecule has 0 saturated carbocycles. The van der Waals surface area contributed by atoms with Crippen LogP contribution >= 0.6 is 0 Å². The molecule has 1 aliphatic heterocycles. The average molecular weight is 270 g/mol. The second-order valence-corrected chi connectivity index (χ2v) is 7.42. The van der Waals surface area contributed by atoms with Crippen LogP contribution in [-0.2, 0) is 10.0 Å². The van der Waals surface area contributed by atoms with Gasteiger partial charge < -0.3 is 0 Å². The van der Waals surface area contributed by atoms with Gasteiger partial charge in [-0.25, -0.2) is 13.1 Å². The molecule has 2 rings (SSSR count). The Morgan fingerprint density at radius 2 is 1.78 bits per heavy atom. The molecule has 1 fully saturated rings. The largest absolute Gasteiger partial charge is 0.295 e. The highest BCUT2D eigenvalue weighted by molar-refractivity contribution is 7.89. The second kappa shape index (κ2) is 4.64. The van der Waals surface area contributed by atoms with Crippen molar-refractivity contribution in [1.82, 2.24) is 9.62 Å². The minimum Gasteiger partial charge on any atom is -0.295 e. The fourth-order valence-corrected chi connectivity index (χ4v) is 3.23. The van der Waals surface area contributed by atoms with Gasteiger partial charge in [-0.3, -0.25) is 4.90 Å². The van der Waals surface area contributed by atoms with Crippen LogP contribution in [0.15, 0.2) is 35.2 Å². The highest BCUT2D eigenvalue weighted by Gasteiger charge is 2.36. The van der Waals surface area contributed by atoms with E-state index < -0.39 is 10.0 Å². The van der Waals surface area contributed by atoms with Gasteiger partial charge in [0.15, 0.2) is 0 Å². The Labute approximate surface area is 111 Å². The van der Waals surface area contributed by atoms with Crippen LogP contribution in [-0.4, -0.2) is 38.0 Å². The van der Waals surface area contributed by atoms with Crippen LogP contribution in [0.5, 0.6) is 0 Å². The van der Waals surface area contributed by atoms with Gasteiger partial charge in [-0.1, -0.05) is 18.2 Å². The fraction of sp³-hybridized carbons (Fsp3) is 0.538. The lowest BCUT2D eigenvalue weighted by atomic mass is 9.98. The molecule has 0 bridgehead atoms. The number of nitrogens with zero attached hydrogens (tertiary/aromatic N) is 1. The van der Waals surface area contributed by atoms with Crippen molar-refractivity contribution in [2.24, 2.45) is 0 Å². The van der Waals surface area contributed by atoms with Crippen molar-refractivity contribution < 1.29 is 9.84 Å². The maximum absolute atomic E-state index is 12.1. The Morgan fingerprint density at radius 1 is 1.22 bits per heavy atom. The number of sulfonamides is 1. The van der Waals surface area contributed by atoms with E-state index in [9.17, 15) is 8.42 Å². The zero-order valence-electron chi connectivity index (χ0n) is 11.1. The van der Waals surface area contributed by atoms with Crippen LogP contribution in [0.25, 0.3) is 0 Å². The topological polar surface area (TPSA) is 49.4 Å². The molecule has 1 N–H and O–H groups in total. The minimum atomic E-state index is -3.37. The fourth-order valence-electron chi connectivity index (χ4n) is 1.99. The van der Waals surface area contributed by atoms with Crippen LogP contribution in [0, 0.1) is 0 Å². The first-order valence-electron chi connectivity index (χ1n) is 6.11. The Bertz CT molecular complexity index is 505. The van der Waals surface area contributed by atoms with Crippen molar-refractivity contribution in [3.8, 4) is 0 Å². The Kier molecular flexibility index (Phi) is 3.49. The van der Waals surface area contributed by atoms with Gasteiger partial charge in [0.2, 0.25) is 10.0 Å². The Hall–Kier alpha value is -0.910. The third kappa shape index (κ3) is 2.91. The third-order valence-electron chi connectivity index (χ3n) is 3.21. The number of hydrogen-bond donors (Lipinski definition) is 1. The first-order chi connectivity index (χ1) is 8.29. The van der Waals surface area contributed by atoms with Crippen molar-refractivity contribution >= 4 is 10.0 Å². The van der Waals surface area contributed by atoms with E-state index in [0.29, 0.717) is 4.90 Å². The molecule has 0 unspecified atom stereocenters. The minimum absolute atomic E-state index is 0. The monoisotopic (exact) mass is 270 g/mol. The predicted molar refractivity (Wildman–Crippen MR) is 74.0 cm³/mol. The van der Waals surface area contributed by atoms with Crippen molar-refractivity contribution in [2.75, 3.05) is 13.1 Å². The molecule has 0 aliphatic carbocycles. The maximum atomic E-state index is 12.1. The molecule has 0 radical (unpaired) electrons. The van der Waals surface area contributed by atoms with E-state index in [1.54, 1.807) is 24.3 Å². The number of benzene rings is 1. The van der Waals surface area contributed by atoms with Gasteiger partial charge in [0.25, 0.3) is 0 Å². The molecule has 1 heterocycles. The van der Waals surface area contributed by atoms with E-state index in [1.165, 1.54) is 0 Å². The van der Waals surface area contributed by atoms with Gasteiger partial charge in [-0.15, -0.1) is 0 Å². The number of nitrogens with one attached hydrogen (secondary N) is 1. The summed E-state index contributed by atoms with van der Waals surface area (Å²) in [4.78, 5) is 2.59. The molecule has 5 heteroatoms. The van der Waals surface area contributed by atoms with Crippen LogP contribution in [0.3, 0.4) is 0 Å². The molecule has 102 valence electrons. The lowest BCUT2D eigenvalue weighted by molar-refractivity contribution is 0.0436. The zero-order valence-corrected chi connectivity index (χ0v) is 11.9. The summed E-state index contributed by atoms with van der Waals surface area (Å²) in [5.74, 6) is 0. The lowest BCUT2D eigenvalue weighted by Crippen LogP contribution is -2.64. The van der Waals surface area contributed by atoms with E-state index in [2.05, 4.69) is 30.4 Å². The highest BCUT2D eigenvalue weighted by atomic mass is 32.2. The van der Waals surface area contributed by atoms with E-state index >= 15 is 0 Å². The number of hydrogen-bond acceptors (Lipinski definition) is 3. The summed E-state index contributed by atoms with van der Waals surface area (Å²) in [6.07, 6.45) is 0. The second-order valence-electron chi connectivity index (χ2n) is 5.71. The molecule has 0 aromatic heterocycles. The molecule has 1 aliphatic rings. The Morgan fingerprint density at radius 3 is 2.28 bits per heavy atom. The van der Waals surface area contributed by atoms with Crippen molar-refractivity contribution in [2.45, 2.75) is 37.2 Å². The third-order valence-corrected chi connectivity index (χ3v) is 4.74. The molecule has 0 amide bonds. The average Bonchev–Trinajstić information content (AvgIpc) is 2.22. The van der Waals surface area contributed by atoms with Gasteiger partial charge in [-0.05, 0) is 32.9 Å². The number of likely N-dealkylation sites (tertiary alicyclic amines) is 1. The highest BCUT2D eigenvalue weighted by Crippen LogP contribution is 2.22. The smallest absolute Gasteiger partial charge is 0.240 e. The first-order valence-corrected chi connectivity index (χ1v) is 7.60. The summed E-state index contributed by atoms with van der Waals surface area (Å²) in [7, 11) is -3.37. The molecule has 4 nitrogen and oxygen atoms in total. The van der Waals surface area contributed by atoms with Gasteiger partial charge in [-0.2, -0.15) is 0 Å². The summed E-state index contributed by atoms with van der Waals surface area (Å²) in [5, 5.41) is 0. The molecule has 0 atom stereocenters. The molecule has 1 aromatic rings. The van der Waals surface area contributed by atoms with Crippen molar-refractivity contribution in [1.29, 1.82) is 0 Å². The lowest BCUT2D eigenvalue weighted by Gasteiger charge is -2.47. The van der Waals surface area contributed by atoms with Crippen molar-refractivity contribution in [3.05, 3.63) is 30.3 Å². The Balaban J connectivity index is 0.00000180. The number of rotatable bonds is 3. The van der Waals surface area contributed by atoms with E-state index in [0.717, 1.165) is 13.1 Å². The summed E-state index contributed by atoms with van der Waals surface area (Å²) < 4.78 is 26.9. The molecular weight excluding hydrogens is 248 g/mol. The van der Waals surface area contributed by atoms with Gasteiger partial charge in [0.1, 0.15) is 0 Å². The molecule has 0 spiro atoms. The quantitative estimate of drug-likeness (QED) is 0.909. The molecule has 18 heavy (non-hydrogen) atoms. The van der Waals surface area contributed by atoms with Gasteiger partial charge in [0.05, 0.1) is 4.90 Å².